The minimum atomic E-state index is -4.81. The molecule has 13 heteroatoms. The maximum Gasteiger partial charge on any atom is 0.434 e. The van der Waals surface area contributed by atoms with Crippen LogP contribution in [0, 0.1) is 17.7 Å². The normalized spacial score (nSPS) is 16.4. The van der Waals surface area contributed by atoms with Crippen LogP contribution in [0.3, 0.4) is 0 Å². The maximum absolute atomic E-state index is 14.2. The van der Waals surface area contributed by atoms with E-state index in [1.807, 2.05) is 12.1 Å². The summed E-state index contributed by atoms with van der Waals surface area (Å²) in [5.41, 5.74) is 0.315. The largest absolute Gasteiger partial charge is 0.434 e. The van der Waals surface area contributed by atoms with Gasteiger partial charge in [-0.05, 0) is 112 Å². The van der Waals surface area contributed by atoms with Crippen LogP contribution >= 0.6 is 23.2 Å². The molecule has 0 saturated carbocycles. The number of nitrogens with zero attached hydrogens (tertiary/aromatic N) is 5. The molecule has 2 aliphatic heterocycles. The van der Waals surface area contributed by atoms with Gasteiger partial charge in [-0.3, -0.25) is 9.59 Å². The van der Waals surface area contributed by atoms with Gasteiger partial charge < -0.3 is 14.7 Å². The van der Waals surface area contributed by atoms with Crippen molar-refractivity contribution in [2.24, 2.45) is 11.8 Å². The fraction of sp³-hybridized carbons (Fsp3) is 0.395. The van der Waals surface area contributed by atoms with Crippen molar-refractivity contribution in [2.75, 3.05) is 44.2 Å². The Morgan fingerprint density at radius 3 is 2.20 bits per heavy atom. The zero-order valence-electron chi connectivity index (χ0n) is 28.0. The summed E-state index contributed by atoms with van der Waals surface area (Å²) < 4.78 is 56.8. The lowest BCUT2D eigenvalue weighted by Gasteiger charge is -2.35. The van der Waals surface area contributed by atoms with Gasteiger partial charge in [-0.2, -0.15) is 18.3 Å². The third-order valence-corrected chi connectivity index (χ3v) is 10.6. The molecule has 0 radical (unpaired) electrons. The first-order valence-corrected chi connectivity index (χ1v) is 18.0. The molecule has 0 N–H and O–H groups in total. The first kappa shape index (κ1) is 36.8. The number of benzene rings is 3. The van der Waals surface area contributed by atoms with Crippen LogP contribution in [0.15, 0.2) is 79.0 Å². The van der Waals surface area contributed by atoms with Crippen molar-refractivity contribution in [2.45, 2.75) is 44.7 Å². The zero-order chi connectivity index (χ0) is 36.1. The Kier molecular flexibility index (Phi) is 11.7. The van der Waals surface area contributed by atoms with Crippen molar-refractivity contribution in [3.63, 3.8) is 0 Å². The summed E-state index contributed by atoms with van der Waals surface area (Å²) in [4.78, 5) is 33.0. The smallest absolute Gasteiger partial charge is 0.338 e. The molecule has 0 atom stereocenters. The number of aromatic nitrogens is 2. The number of amides is 2. The number of hydrogen-bond acceptors (Lipinski definition) is 4. The van der Waals surface area contributed by atoms with E-state index in [-0.39, 0.29) is 30.5 Å². The Hall–Kier alpha value is -3.93. The van der Waals surface area contributed by atoms with Crippen molar-refractivity contribution in [3.8, 4) is 5.69 Å². The number of carbonyl (C=O) groups is 2. The number of halogens is 6. The number of alkyl halides is 3. The highest BCUT2D eigenvalue weighted by Crippen LogP contribution is 2.35. The van der Waals surface area contributed by atoms with Crippen LogP contribution in [-0.2, 0) is 17.4 Å². The highest BCUT2D eigenvalue weighted by molar-refractivity contribution is 6.42. The molecule has 2 fully saturated rings. The minimum absolute atomic E-state index is 0.119. The number of likely N-dealkylation sites (tertiary alicyclic amines) is 2. The van der Waals surface area contributed by atoms with Crippen LogP contribution in [-0.4, -0.2) is 70.7 Å². The molecule has 1 aromatic heterocycles. The van der Waals surface area contributed by atoms with Gasteiger partial charge in [0.25, 0.3) is 5.91 Å². The Morgan fingerprint density at radius 2 is 1.55 bits per heavy atom. The van der Waals surface area contributed by atoms with Crippen LogP contribution in [0.2, 0.25) is 10.0 Å². The number of piperidine rings is 2. The lowest BCUT2D eigenvalue weighted by molar-refractivity contribution is -0.143. The van der Waals surface area contributed by atoms with E-state index < -0.39 is 29.3 Å². The van der Waals surface area contributed by atoms with E-state index in [4.69, 9.17) is 23.2 Å². The van der Waals surface area contributed by atoms with E-state index in [2.05, 4.69) is 10.00 Å². The van der Waals surface area contributed by atoms with Crippen molar-refractivity contribution in [3.05, 3.63) is 112 Å². The summed E-state index contributed by atoms with van der Waals surface area (Å²) >= 11 is 12.5. The van der Waals surface area contributed by atoms with Crippen LogP contribution in [0.5, 0.6) is 0 Å². The summed E-state index contributed by atoms with van der Waals surface area (Å²) in [6.45, 7) is 3.40. The summed E-state index contributed by atoms with van der Waals surface area (Å²) in [5.74, 6) is -1.00. The second-order valence-electron chi connectivity index (χ2n) is 13.3. The third-order valence-electron chi connectivity index (χ3n) is 9.88. The summed E-state index contributed by atoms with van der Waals surface area (Å²) in [5, 5.41) is 4.62. The molecule has 0 unspecified atom stereocenters. The van der Waals surface area contributed by atoms with Crippen LogP contribution in [0.25, 0.3) is 5.69 Å². The molecule has 3 heterocycles. The average molecular weight is 745 g/mol. The molecule has 2 saturated heterocycles. The second-order valence-corrected chi connectivity index (χ2v) is 14.1. The van der Waals surface area contributed by atoms with Crippen molar-refractivity contribution < 1.29 is 27.2 Å². The molecular weight excluding hydrogens is 705 g/mol. The van der Waals surface area contributed by atoms with Gasteiger partial charge in [0.05, 0.1) is 27.5 Å². The van der Waals surface area contributed by atoms with E-state index in [0.29, 0.717) is 41.0 Å². The summed E-state index contributed by atoms with van der Waals surface area (Å²) in [6.07, 6.45) is 0.497. The van der Waals surface area contributed by atoms with Gasteiger partial charge in [0.15, 0.2) is 5.69 Å². The number of carbonyl (C=O) groups excluding carboxylic acids is 2. The predicted molar refractivity (Wildman–Crippen MR) is 190 cm³/mol. The monoisotopic (exact) mass is 743 g/mol. The second kappa shape index (κ2) is 16.2. The minimum Gasteiger partial charge on any atom is -0.338 e. The molecule has 0 aliphatic carbocycles. The molecule has 3 aromatic carbocycles. The molecule has 270 valence electrons. The fourth-order valence-corrected chi connectivity index (χ4v) is 7.40. The Morgan fingerprint density at radius 1 is 0.863 bits per heavy atom. The molecule has 51 heavy (non-hydrogen) atoms. The zero-order valence-corrected chi connectivity index (χ0v) is 29.5. The topological polar surface area (TPSA) is 61.7 Å². The van der Waals surface area contributed by atoms with Gasteiger partial charge in [-0.1, -0.05) is 53.5 Å². The highest BCUT2D eigenvalue weighted by Gasteiger charge is 2.42. The number of para-hydroxylation sites is 1. The van der Waals surface area contributed by atoms with E-state index in [1.165, 1.54) is 29.2 Å². The number of hydrogen-bond donors (Lipinski definition) is 0. The SMILES string of the molecule is O=C(c1cnn(-c2ccccc2)c1C(F)(F)F)N1CCC(C(=O)N(CCCN2CCC(Cc3ccc(F)cc3)CC2)c2ccc(Cl)c(Cl)c2)CC1. The van der Waals surface area contributed by atoms with Gasteiger partial charge in [0.2, 0.25) is 5.91 Å². The standard InChI is InChI=1S/C38H39Cl2F4N5O2/c39-33-12-11-31(24-34(33)40)48(18-4-17-46-19-13-27(14-20-46)23-26-7-9-29(41)10-8-26)36(50)28-15-21-47(22-16-28)37(51)32-25-45-49(35(32)38(42,43)44)30-5-2-1-3-6-30/h1-3,5-12,24-25,27-28H,4,13-23H2. The predicted octanol–water partition coefficient (Wildman–Crippen LogP) is 8.57. The molecule has 0 spiro atoms. The molecule has 6 rings (SSSR count). The lowest BCUT2D eigenvalue weighted by Crippen LogP contribution is -2.45. The van der Waals surface area contributed by atoms with E-state index >= 15 is 0 Å². The molecule has 2 aliphatic rings. The fourth-order valence-electron chi connectivity index (χ4n) is 7.10. The van der Waals surface area contributed by atoms with Crippen molar-refractivity contribution in [1.82, 2.24) is 19.6 Å². The molecule has 4 aromatic rings. The highest BCUT2D eigenvalue weighted by atomic mass is 35.5. The average Bonchev–Trinajstić information content (AvgIpc) is 3.60. The Labute approximate surface area is 304 Å². The first-order chi connectivity index (χ1) is 24.5. The Bertz CT molecular complexity index is 1800. The van der Waals surface area contributed by atoms with Gasteiger partial charge in [-0.15, -0.1) is 0 Å². The third kappa shape index (κ3) is 8.94. The van der Waals surface area contributed by atoms with Gasteiger partial charge in [-0.25, -0.2) is 9.07 Å². The summed E-state index contributed by atoms with van der Waals surface area (Å²) in [7, 11) is 0. The van der Waals surface area contributed by atoms with Gasteiger partial charge in [0, 0.05) is 31.2 Å². The van der Waals surface area contributed by atoms with Crippen molar-refractivity contribution in [1.29, 1.82) is 0 Å². The maximum atomic E-state index is 14.2. The number of anilines is 1. The molecular formula is C38H39Cl2F4N5O2. The van der Waals surface area contributed by atoms with E-state index in [9.17, 15) is 27.2 Å². The van der Waals surface area contributed by atoms with Gasteiger partial charge >= 0.3 is 6.18 Å². The quantitative estimate of drug-likeness (QED) is 0.153. The van der Waals surface area contributed by atoms with Crippen LogP contribution in [0.4, 0.5) is 23.2 Å². The number of rotatable bonds is 10. The summed E-state index contributed by atoms with van der Waals surface area (Å²) in [6, 6.07) is 19.7. The van der Waals surface area contributed by atoms with E-state index in [1.54, 1.807) is 41.3 Å². The first-order valence-electron chi connectivity index (χ1n) is 17.2. The van der Waals surface area contributed by atoms with E-state index in [0.717, 1.165) is 61.8 Å². The van der Waals surface area contributed by atoms with Crippen molar-refractivity contribution >= 4 is 40.7 Å². The lowest BCUT2D eigenvalue weighted by atomic mass is 9.90. The molecule has 0 bridgehead atoms. The van der Waals surface area contributed by atoms with Crippen LogP contribution in [0.1, 0.15) is 53.7 Å². The molecule has 2 amide bonds. The van der Waals surface area contributed by atoms with Crippen LogP contribution < -0.4 is 4.90 Å². The van der Waals surface area contributed by atoms with Gasteiger partial charge in [0.1, 0.15) is 5.82 Å². The molecule has 7 nitrogen and oxygen atoms in total. The Balaban J connectivity index is 1.07.